The average Bonchev–Trinajstić information content (AvgIpc) is 3.92. The highest BCUT2D eigenvalue weighted by Gasteiger charge is 2.31. The molecule has 7 rings (SSSR count). The SMILES string of the molecule is C/C(=C\c1ccccc1)CNC[C@@H]1CCCN1CC1CCCCC1.COc1ccc(C(=O)N(C/C(C)=C/c2ccccc2)C[C@@H]2CCCN2CC2CCCCC2)cc1OC(F)F. The predicted molar refractivity (Wildman–Crippen MR) is 251 cm³/mol. The van der Waals surface area contributed by atoms with Gasteiger partial charge in [0.05, 0.1) is 7.11 Å². The van der Waals surface area contributed by atoms with Gasteiger partial charge in [0.1, 0.15) is 0 Å². The molecule has 0 unspecified atom stereocenters. The van der Waals surface area contributed by atoms with E-state index in [1.54, 1.807) is 6.07 Å². The summed E-state index contributed by atoms with van der Waals surface area (Å²) >= 11 is 0. The van der Waals surface area contributed by atoms with Gasteiger partial charge in [0.2, 0.25) is 0 Å². The van der Waals surface area contributed by atoms with Gasteiger partial charge in [-0.05, 0) is 119 Å². The minimum absolute atomic E-state index is 0.135. The van der Waals surface area contributed by atoms with Gasteiger partial charge in [0.15, 0.2) is 11.5 Å². The van der Waals surface area contributed by atoms with E-state index in [4.69, 9.17) is 4.74 Å². The van der Waals surface area contributed by atoms with Crippen molar-refractivity contribution in [3.8, 4) is 11.5 Å². The highest BCUT2D eigenvalue weighted by atomic mass is 19.3. The summed E-state index contributed by atoms with van der Waals surface area (Å²) in [7, 11) is 1.39. The molecule has 0 bridgehead atoms. The average molecular weight is 853 g/mol. The third-order valence-corrected chi connectivity index (χ3v) is 13.4. The van der Waals surface area contributed by atoms with Crippen molar-refractivity contribution < 1.29 is 23.0 Å². The Labute approximate surface area is 371 Å². The zero-order valence-electron chi connectivity index (χ0n) is 37.9. The topological polar surface area (TPSA) is 57.3 Å². The van der Waals surface area contributed by atoms with Crippen LogP contribution in [0.15, 0.2) is 90.0 Å². The molecule has 338 valence electrons. The van der Waals surface area contributed by atoms with Crippen molar-refractivity contribution in [2.24, 2.45) is 11.8 Å². The molecule has 2 atom stereocenters. The number of methoxy groups -OCH3 is 1. The fraction of sp³-hybridized carbons (Fsp3) is 0.566. The number of halogens is 2. The molecule has 3 aromatic rings. The maximum Gasteiger partial charge on any atom is 0.387 e. The van der Waals surface area contributed by atoms with E-state index in [1.807, 2.05) is 42.2 Å². The molecule has 3 aromatic carbocycles. The molecule has 7 nitrogen and oxygen atoms in total. The number of nitrogens with zero attached hydrogens (tertiary/aromatic N) is 3. The lowest BCUT2D eigenvalue weighted by Crippen LogP contribution is -2.45. The summed E-state index contributed by atoms with van der Waals surface area (Å²) in [6, 6.07) is 26.2. The van der Waals surface area contributed by atoms with Gasteiger partial charge in [0.25, 0.3) is 5.91 Å². The highest BCUT2D eigenvalue weighted by molar-refractivity contribution is 5.95. The minimum atomic E-state index is -3.01. The second-order valence-corrected chi connectivity index (χ2v) is 18.5. The number of nitrogens with one attached hydrogen (secondary N) is 1. The Hall–Kier alpha value is -4.05. The van der Waals surface area contributed by atoms with Crippen molar-refractivity contribution in [2.75, 3.05) is 59.5 Å². The van der Waals surface area contributed by atoms with Gasteiger partial charge in [-0.25, -0.2) is 0 Å². The first-order valence-electron chi connectivity index (χ1n) is 23.8. The van der Waals surface area contributed by atoms with Crippen LogP contribution in [-0.4, -0.2) is 98.8 Å². The summed E-state index contributed by atoms with van der Waals surface area (Å²) in [5, 5.41) is 3.70. The van der Waals surface area contributed by atoms with Crippen LogP contribution in [0.4, 0.5) is 8.78 Å². The van der Waals surface area contributed by atoms with E-state index in [1.165, 1.54) is 121 Å². The van der Waals surface area contributed by atoms with Crippen LogP contribution in [0.2, 0.25) is 0 Å². The third-order valence-electron chi connectivity index (χ3n) is 13.4. The molecule has 2 saturated heterocycles. The minimum Gasteiger partial charge on any atom is -0.493 e. The molecule has 62 heavy (non-hydrogen) atoms. The second-order valence-electron chi connectivity index (χ2n) is 18.5. The summed E-state index contributed by atoms with van der Waals surface area (Å²) in [5.74, 6) is 1.55. The molecule has 2 heterocycles. The third kappa shape index (κ3) is 15.3. The molecule has 4 fully saturated rings. The normalized spacial score (nSPS) is 20.9. The van der Waals surface area contributed by atoms with E-state index in [2.05, 4.69) is 69.3 Å². The molecule has 2 aliphatic heterocycles. The van der Waals surface area contributed by atoms with Gasteiger partial charge in [-0.15, -0.1) is 0 Å². The van der Waals surface area contributed by atoms with Crippen LogP contribution in [0.3, 0.4) is 0 Å². The number of hydrogen-bond donors (Lipinski definition) is 1. The summed E-state index contributed by atoms with van der Waals surface area (Å²) in [6.45, 7) is 9.30. The standard InChI is InChI=1S/C31H40F2N2O3.C22H34N2/c1-23(18-24-10-5-3-6-11-24)20-35(22-27-14-9-17-34(27)21-25-12-7-4-8-13-25)30(36)26-15-16-28(37-2)29(19-26)38-31(32)33;1-19(15-20-9-4-2-5-10-20)16-23-17-22-13-8-14-24(22)18-21-11-6-3-7-12-21/h3,5-6,10-11,15-16,18-19,25,27,31H,4,7-9,12-14,17,20-22H2,1-2H3;2,4-5,9-10,15,21-23H,3,6-8,11-14,16-18H2,1H3/b23-18+;19-15+/t27-;22-/m00/s1. The van der Waals surface area contributed by atoms with E-state index >= 15 is 0 Å². The number of ether oxygens (including phenoxy) is 2. The molecule has 2 aliphatic carbocycles. The number of alkyl halides is 2. The van der Waals surface area contributed by atoms with Crippen molar-refractivity contribution >= 4 is 18.1 Å². The molecular weight excluding hydrogens is 779 g/mol. The molecular formula is C53H74F2N4O3. The molecule has 2 saturated carbocycles. The van der Waals surface area contributed by atoms with Gasteiger partial charge >= 0.3 is 6.61 Å². The van der Waals surface area contributed by atoms with Crippen molar-refractivity contribution in [1.82, 2.24) is 20.0 Å². The number of benzene rings is 3. The molecule has 1 N–H and O–H groups in total. The van der Waals surface area contributed by atoms with E-state index in [9.17, 15) is 13.6 Å². The lowest BCUT2D eigenvalue weighted by Gasteiger charge is -2.34. The first-order chi connectivity index (χ1) is 30.2. The number of likely N-dealkylation sites (tertiary alicyclic amines) is 2. The van der Waals surface area contributed by atoms with Crippen molar-refractivity contribution in [3.05, 3.63) is 107 Å². The van der Waals surface area contributed by atoms with Gasteiger partial charge in [-0.2, -0.15) is 8.78 Å². The molecule has 1 amide bonds. The van der Waals surface area contributed by atoms with Crippen LogP contribution in [-0.2, 0) is 0 Å². The van der Waals surface area contributed by atoms with Crippen LogP contribution in [0.1, 0.15) is 125 Å². The lowest BCUT2D eigenvalue weighted by atomic mass is 9.89. The maximum absolute atomic E-state index is 13.9. The zero-order valence-corrected chi connectivity index (χ0v) is 37.9. The first kappa shape index (κ1) is 47.4. The molecule has 0 spiro atoms. The van der Waals surface area contributed by atoms with Crippen molar-refractivity contribution in [1.29, 1.82) is 0 Å². The molecule has 0 radical (unpaired) electrons. The number of rotatable bonds is 18. The zero-order chi connectivity index (χ0) is 43.5. The Kier molecular flexibility index (Phi) is 19.4. The Balaban J connectivity index is 0.000000229. The quantitative estimate of drug-likeness (QED) is 0.138. The Bertz CT molecular complexity index is 1830. The fourth-order valence-corrected chi connectivity index (χ4v) is 10.3. The highest BCUT2D eigenvalue weighted by Crippen LogP contribution is 2.32. The molecule has 0 aromatic heterocycles. The molecule has 4 aliphatic rings. The van der Waals surface area contributed by atoms with Crippen LogP contribution in [0.25, 0.3) is 12.2 Å². The summed E-state index contributed by atoms with van der Waals surface area (Å²) in [5.41, 5.74) is 5.16. The van der Waals surface area contributed by atoms with Crippen molar-refractivity contribution in [3.63, 3.8) is 0 Å². The van der Waals surface area contributed by atoms with Crippen LogP contribution in [0.5, 0.6) is 11.5 Å². The summed E-state index contributed by atoms with van der Waals surface area (Å²) in [4.78, 5) is 21.1. The van der Waals surface area contributed by atoms with Gasteiger partial charge in [-0.1, -0.05) is 122 Å². The smallest absolute Gasteiger partial charge is 0.387 e. The first-order valence-corrected chi connectivity index (χ1v) is 23.8. The number of hydrogen-bond acceptors (Lipinski definition) is 6. The number of amides is 1. The van der Waals surface area contributed by atoms with Gasteiger partial charge in [0, 0.05) is 56.9 Å². The Morgan fingerprint density at radius 2 is 1.26 bits per heavy atom. The van der Waals surface area contributed by atoms with Crippen LogP contribution in [0, 0.1) is 11.8 Å². The van der Waals surface area contributed by atoms with Gasteiger partial charge < -0.3 is 19.7 Å². The second kappa shape index (κ2) is 25.3. The van der Waals surface area contributed by atoms with E-state index in [0.29, 0.717) is 24.7 Å². The van der Waals surface area contributed by atoms with E-state index in [0.717, 1.165) is 68.0 Å². The number of carbonyl (C=O) groups is 1. The monoisotopic (exact) mass is 853 g/mol. The Morgan fingerprint density at radius 3 is 1.82 bits per heavy atom. The van der Waals surface area contributed by atoms with Gasteiger partial charge in [-0.3, -0.25) is 14.6 Å². The lowest BCUT2D eigenvalue weighted by molar-refractivity contribution is -0.0512. The largest absolute Gasteiger partial charge is 0.493 e. The molecule has 9 heteroatoms. The summed E-state index contributed by atoms with van der Waals surface area (Å²) in [6.07, 6.45) is 23.2. The summed E-state index contributed by atoms with van der Waals surface area (Å²) < 4.78 is 35.9. The van der Waals surface area contributed by atoms with Crippen molar-refractivity contribution in [2.45, 2.75) is 122 Å². The van der Waals surface area contributed by atoms with Crippen LogP contribution < -0.4 is 14.8 Å². The fourth-order valence-electron chi connectivity index (χ4n) is 10.3. The number of carbonyl (C=O) groups excluding carboxylic acids is 1. The maximum atomic E-state index is 13.9. The van der Waals surface area contributed by atoms with E-state index in [-0.39, 0.29) is 17.4 Å². The van der Waals surface area contributed by atoms with Crippen LogP contribution >= 0.6 is 0 Å². The van der Waals surface area contributed by atoms with E-state index < -0.39 is 6.61 Å². The predicted octanol–water partition coefficient (Wildman–Crippen LogP) is 11.6. The Morgan fingerprint density at radius 1 is 0.710 bits per heavy atom.